The molecule has 0 spiro atoms. The lowest BCUT2D eigenvalue weighted by Gasteiger charge is -2.34. The first-order chi connectivity index (χ1) is 11.4. The van der Waals surface area contributed by atoms with E-state index in [1.165, 1.54) is 4.90 Å². The van der Waals surface area contributed by atoms with E-state index in [0.29, 0.717) is 5.69 Å². The third kappa shape index (κ3) is 2.00. The topological polar surface area (TPSA) is 99.6 Å². The van der Waals surface area contributed by atoms with Crippen molar-refractivity contribution in [2.45, 2.75) is 32.4 Å². The largest absolute Gasteiger partial charge is 0.480 e. The minimum atomic E-state index is -1.48. The fourth-order valence-corrected chi connectivity index (χ4v) is 4.10. The number of hydrogen-bond acceptors (Lipinski definition) is 5. The van der Waals surface area contributed by atoms with Crippen molar-refractivity contribution in [2.75, 3.05) is 6.54 Å². The zero-order chi connectivity index (χ0) is 17.6. The highest BCUT2D eigenvalue weighted by atomic mass is 16.4. The maximum Gasteiger partial charge on any atom is 0.325 e. The first-order valence-corrected chi connectivity index (χ1v) is 8.13. The lowest BCUT2D eigenvalue weighted by Crippen LogP contribution is -2.59. The number of nitrogens with zero attached hydrogens (tertiary/aromatic N) is 2. The number of carbonyl (C=O) groups excluding carboxylic acids is 2. The van der Waals surface area contributed by atoms with Gasteiger partial charge in [-0.2, -0.15) is 0 Å². The van der Waals surface area contributed by atoms with Gasteiger partial charge in [-0.25, -0.2) is 0 Å². The molecule has 128 valence electrons. The van der Waals surface area contributed by atoms with Gasteiger partial charge >= 0.3 is 5.97 Å². The molecule has 24 heavy (non-hydrogen) atoms. The molecule has 2 fully saturated rings. The number of carboxylic acid groups (broad SMARTS) is 1. The Labute approximate surface area is 140 Å². The van der Waals surface area contributed by atoms with Crippen LogP contribution in [0.4, 0.5) is 0 Å². The summed E-state index contributed by atoms with van der Waals surface area (Å²) in [6.07, 6.45) is 1.60. The predicted molar refractivity (Wildman–Crippen MR) is 84.7 cm³/mol. The van der Waals surface area contributed by atoms with Crippen LogP contribution >= 0.6 is 0 Å². The van der Waals surface area contributed by atoms with Gasteiger partial charge in [0.15, 0.2) is 0 Å². The van der Waals surface area contributed by atoms with Gasteiger partial charge in [0.25, 0.3) is 0 Å². The number of carboxylic acids is 1. The second-order valence-corrected chi connectivity index (χ2v) is 6.63. The summed E-state index contributed by atoms with van der Waals surface area (Å²) in [7, 11) is 0. The average Bonchev–Trinajstić information content (AvgIpc) is 3.04. The Morgan fingerprint density at radius 1 is 1.38 bits per heavy atom. The molecule has 3 rings (SSSR count). The fraction of sp³-hybridized carbons (Fsp3) is 0.529. The summed E-state index contributed by atoms with van der Waals surface area (Å²) >= 11 is 0. The number of hydrogen-bond donors (Lipinski definition) is 2. The van der Waals surface area contributed by atoms with Crippen molar-refractivity contribution in [1.82, 2.24) is 15.2 Å². The molecular formula is C17H21N3O4. The zero-order valence-electron chi connectivity index (χ0n) is 13.9. The van der Waals surface area contributed by atoms with Crippen molar-refractivity contribution >= 4 is 17.8 Å². The van der Waals surface area contributed by atoms with Crippen LogP contribution in [0.2, 0.25) is 0 Å². The van der Waals surface area contributed by atoms with Crippen LogP contribution in [0.15, 0.2) is 24.4 Å². The molecule has 2 N–H and O–H groups in total. The average molecular weight is 331 g/mol. The summed E-state index contributed by atoms with van der Waals surface area (Å²) in [5.74, 6) is -3.87. The summed E-state index contributed by atoms with van der Waals surface area (Å²) in [6.45, 7) is 5.47. The van der Waals surface area contributed by atoms with E-state index in [0.717, 1.165) is 0 Å². The standard InChI is InChI=1S/C17H21N3O4/c1-4-20-14(21)11-12(15(20)22)17(9(2)3,16(23)24)19-13(11)10-7-5-6-8-18-10/h5-9,11-13,19H,4H2,1-3H3,(H,23,24). The second-order valence-electron chi connectivity index (χ2n) is 6.63. The van der Waals surface area contributed by atoms with E-state index in [1.807, 2.05) is 0 Å². The highest BCUT2D eigenvalue weighted by Gasteiger charge is 2.69. The zero-order valence-corrected chi connectivity index (χ0v) is 13.9. The molecule has 0 radical (unpaired) electrons. The molecule has 2 saturated heterocycles. The molecule has 2 aliphatic heterocycles. The highest BCUT2D eigenvalue weighted by Crippen LogP contribution is 2.50. The molecule has 0 bridgehead atoms. The predicted octanol–water partition coefficient (Wildman–Crippen LogP) is 0.826. The molecule has 0 saturated carbocycles. The fourth-order valence-electron chi connectivity index (χ4n) is 4.10. The van der Waals surface area contributed by atoms with Crippen LogP contribution in [0, 0.1) is 17.8 Å². The number of likely N-dealkylation sites (tertiary alicyclic amines) is 1. The third-order valence-corrected chi connectivity index (χ3v) is 5.27. The van der Waals surface area contributed by atoms with E-state index in [1.54, 1.807) is 45.2 Å². The van der Waals surface area contributed by atoms with Crippen molar-refractivity contribution in [1.29, 1.82) is 0 Å². The number of carbonyl (C=O) groups is 3. The Balaban J connectivity index is 2.17. The Morgan fingerprint density at radius 2 is 2.08 bits per heavy atom. The van der Waals surface area contributed by atoms with Gasteiger partial charge in [-0.1, -0.05) is 19.9 Å². The van der Waals surface area contributed by atoms with Crippen LogP contribution in [-0.2, 0) is 14.4 Å². The SMILES string of the molecule is CCN1C(=O)C2C(c3ccccn3)NC(C(=O)O)(C(C)C)C2C1=O. The Morgan fingerprint density at radius 3 is 2.58 bits per heavy atom. The summed E-state index contributed by atoms with van der Waals surface area (Å²) in [5.41, 5.74) is -0.904. The smallest absolute Gasteiger partial charge is 0.325 e. The van der Waals surface area contributed by atoms with Crippen LogP contribution < -0.4 is 5.32 Å². The molecule has 7 heteroatoms. The van der Waals surface area contributed by atoms with Crippen LogP contribution in [0.5, 0.6) is 0 Å². The van der Waals surface area contributed by atoms with Gasteiger partial charge < -0.3 is 5.11 Å². The number of amides is 2. The number of rotatable bonds is 4. The quantitative estimate of drug-likeness (QED) is 0.793. The van der Waals surface area contributed by atoms with Gasteiger partial charge in [-0.05, 0) is 25.0 Å². The number of aromatic nitrogens is 1. The van der Waals surface area contributed by atoms with Gasteiger partial charge in [-0.3, -0.25) is 29.6 Å². The Bertz CT molecular complexity index is 690. The maximum absolute atomic E-state index is 12.8. The molecule has 3 heterocycles. The molecule has 1 aromatic heterocycles. The second kappa shape index (κ2) is 5.66. The molecule has 0 aliphatic carbocycles. The first kappa shape index (κ1) is 16.6. The van der Waals surface area contributed by atoms with Crippen molar-refractivity contribution in [2.24, 2.45) is 17.8 Å². The van der Waals surface area contributed by atoms with Crippen molar-refractivity contribution in [3.8, 4) is 0 Å². The number of pyridine rings is 1. The van der Waals surface area contributed by atoms with E-state index < -0.39 is 35.3 Å². The van der Waals surface area contributed by atoms with E-state index in [4.69, 9.17) is 0 Å². The summed E-state index contributed by atoms with van der Waals surface area (Å²) < 4.78 is 0. The number of nitrogens with one attached hydrogen (secondary N) is 1. The Kier molecular flexibility index (Phi) is 3.91. The van der Waals surface area contributed by atoms with Gasteiger partial charge in [0, 0.05) is 12.7 Å². The lowest BCUT2D eigenvalue weighted by molar-refractivity contribution is -0.153. The van der Waals surface area contributed by atoms with Crippen molar-refractivity contribution in [3.05, 3.63) is 30.1 Å². The highest BCUT2D eigenvalue weighted by molar-refractivity contribution is 6.09. The molecular weight excluding hydrogens is 310 g/mol. The summed E-state index contributed by atoms with van der Waals surface area (Å²) in [4.78, 5) is 43.2. The maximum atomic E-state index is 12.8. The lowest BCUT2D eigenvalue weighted by atomic mass is 9.73. The number of aliphatic carboxylic acids is 1. The minimum absolute atomic E-state index is 0.243. The van der Waals surface area contributed by atoms with E-state index in [2.05, 4.69) is 10.3 Å². The van der Waals surface area contributed by atoms with E-state index in [9.17, 15) is 19.5 Å². The van der Waals surface area contributed by atoms with Crippen LogP contribution in [0.3, 0.4) is 0 Å². The van der Waals surface area contributed by atoms with E-state index >= 15 is 0 Å². The third-order valence-electron chi connectivity index (χ3n) is 5.27. The molecule has 4 atom stereocenters. The monoisotopic (exact) mass is 331 g/mol. The normalized spacial score (nSPS) is 32.5. The van der Waals surface area contributed by atoms with Crippen molar-refractivity contribution in [3.63, 3.8) is 0 Å². The summed E-state index contributed by atoms with van der Waals surface area (Å²) in [5, 5.41) is 13.0. The molecule has 0 aromatic carbocycles. The number of imide groups is 1. The van der Waals surface area contributed by atoms with Gasteiger partial charge in [0.2, 0.25) is 11.8 Å². The molecule has 7 nitrogen and oxygen atoms in total. The molecule has 2 aliphatic rings. The first-order valence-electron chi connectivity index (χ1n) is 8.13. The van der Waals surface area contributed by atoms with Crippen LogP contribution in [0.1, 0.15) is 32.5 Å². The summed E-state index contributed by atoms with van der Waals surface area (Å²) in [6, 6.07) is 4.69. The van der Waals surface area contributed by atoms with Crippen LogP contribution in [-0.4, -0.2) is 44.9 Å². The van der Waals surface area contributed by atoms with E-state index in [-0.39, 0.29) is 18.4 Å². The molecule has 2 amide bonds. The minimum Gasteiger partial charge on any atom is -0.480 e. The van der Waals surface area contributed by atoms with Crippen molar-refractivity contribution < 1.29 is 19.5 Å². The van der Waals surface area contributed by atoms with Crippen LogP contribution in [0.25, 0.3) is 0 Å². The van der Waals surface area contributed by atoms with Gasteiger partial charge in [0.05, 0.1) is 23.6 Å². The Hall–Kier alpha value is -2.28. The van der Waals surface area contributed by atoms with Gasteiger partial charge in [-0.15, -0.1) is 0 Å². The molecule has 4 unspecified atom stereocenters. The van der Waals surface area contributed by atoms with Gasteiger partial charge in [0.1, 0.15) is 5.54 Å². The number of fused-ring (bicyclic) bond motifs is 1. The molecule has 1 aromatic rings.